The third-order valence-corrected chi connectivity index (χ3v) is 3.15. The number of benzene rings is 2. The highest BCUT2D eigenvalue weighted by Crippen LogP contribution is 2.27. The minimum Gasteiger partial charge on any atom is -0.497 e. The molecule has 0 atom stereocenters. The largest absolute Gasteiger partial charge is 0.497 e. The van der Waals surface area contributed by atoms with Crippen molar-refractivity contribution in [2.45, 2.75) is 0 Å². The molecule has 0 aliphatic heterocycles. The van der Waals surface area contributed by atoms with Crippen LogP contribution < -0.4 is 4.74 Å². The summed E-state index contributed by atoms with van der Waals surface area (Å²) < 4.78 is 11.1. The lowest BCUT2D eigenvalue weighted by atomic mass is 10.1. The molecule has 0 amide bonds. The first-order valence-electron chi connectivity index (χ1n) is 6.50. The molecule has 0 aliphatic carbocycles. The van der Waals surface area contributed by atoms with Crippen molar-refractivity contribution in [2.75, 3.05) is 7.11 Å². The summed E-state index contributed by atoms with van der Waals surface area (Å²) in [5.41, 5.74) is 2.10. The highest BCUT2D eigenvalue weighted by Gasteiger charge is 2.16. The van der Waals surface area contributed by atoms with Gasteiger partial charge in [-0.05, 0) is 42.5 Å². The third kappa shape index (κ3) is 2.54. The van der Waals surface area contributed by atoms with E-state index >= 15 is 0 Å². The van der Waals surface area contributed by atoms with Crippen LogP contribution in [0.3, 0.4) is 0 Å². The number of rotatable bonds is 3. The van der Waals surface area contributed by atoms with Crippen LogP contribution >= 0.6 is 0 Å². The topological polar surface area (TPSA) is 20.5 Å². The molecule has 2 nitrogen and oxygen atoms in total. The van der Waals surface area contributed by atoms with Crippen LogP contribution in [0.1, 0.15) is 0 Å². The Morgan fingerprint density at radius 1 is 0.650 bits per heavy atom. The van der Waals surface area contributed by atoms with E-state index in [1.54, 1.807) is 7.11 Å². The average Bonchev–Trinajstić information content (AvgIpc) is 2.56. The van der Waals surface area contributed by atoms with Crippen molar-refractivity contribution in [3.05, 3.63) is 72.8 Å². The third-order valence-electron chi connectivity index (χ3n) is 3.15. The summed E-state index contributed by atoms with van der Waals surface area (Å²) in [5.74, 6) is 2.54. The molecule has 3 aromatic rings. The summed E-state index contributed by atoms with van der Waals surface area (Å²) in [5, 5.41) is 0. The summed E-state index contributed by atoms with van der Waals surface area (Å²) in [6.07, 6.45) is 0. The van der Waals surface area contributed by atoms with Gasteiger partial charge in [-0.25, -0.2) is 4.42 Å². The molecule has 2 heteroatoms. The minimum absolute atomic E-state index is 0.841. The van der Waals surface area contributed by atoms with Crippen LogP contribution in [0.4, 0.5) is 0 Å². The zero-order valence-corrected chi connectivity index (χ0v) is 11.2. The van der Waals surface area contributed by atoms with Gasteiger partial charge in [0.15, 0.2) is 0 Å². The van der Waals surface area contributed by atoms with Gasteiger partial charge < -0.3 is 4.74 Å². The molecule has 0 radical (unpaired) electrons. The Bertz CT molecular complexity index is 688. The fourth-order valence-electron chi connectivity index (χ4n) is 2.08. The quantitative estimate of drug-likeness (QED) is 0.626. The Hall–Kier alpha value is -2.61. The van der Waals surface area contributed by atoms with Crippen molar-refractivity contribution >= 4 is 0 Å². The summed E-state index contributed by atoms with van der Waals surface area (Å²) in [6, 6.07) is 23.9. The lowest BCUT2D eigenvalue weighted by Gasteiger charge is -1.98. The predicted octanol–water partition coefficient (Wildman–Crippen LogP) is 4.90. The van der Waals surface area contributed by atoms with E-state index in [1.807, 2.05) is 72.8 Å². The standard InChI is InChI=1S/C18H15O2/c1-19-16-12-10-15(11-13-16)18-9-5-8-17(20-18)14-6-3-2-4-7-14/h2-13H,1H3/q+1. The molecule has 2 aromatic carbocycles. The number of hydrogen-bond donors (Lipinski definition) is 0. The van der Waals surface area contributed by atoms with Gasteiger partial charge in [-0.3, -0.25) is 0 Å². The minimum atomic E-state index is 0.841. The van der Waals surface area contributed by atoms with E-state index in [9.17, 15) is 0 Å². The van der Waals surface area contributed by atoms with Crippen LogP contribution in [0.5, 0.6) is 5.75 Å². The van der Waals surface area contributed by atoms with Gasteiger partial charge in [-0.1, -0.05) is 18.2 Å². The van der Waals surface area contributed by atoms with E-state index in [2.05, 4.69) is 0 Å². The first-order valence-corrected chi connectivity index (χ1v) is 6.50. The SMILES string of the molecule is COc1ccc(-c2cccc(-c3ccccc3)[o+]2)cc1. The maximum absolute atomic E-state index is 5.98. The van der Waals surface area contributed by atoms with Gasteiger partial charge in [0.25, 0.3) is 0 Å². The Labute approximate surface area is 118 Å². The molecule has 98 valence electrons. The van der Waals surface area contributed by atoms with Crippen LogP contribution in [0, 0.1) is 0 Å². The normalized spacial score (nSPS) is 10.2. The predicted molar refractivity (Wildman–Crippen MR) is 80.5 cm³/mol. The van der Waals surface area contributed by atoms with E-state index in [0.717, 1.165) is 28.4 Å². The van der Waals surface area contributed by atoms with Gasteiger partial charge in [0, 0.05) is 12.1 Å². The summed E-state index contributed by atoms with van der Waals surface area (Å²) in [7, 11) is 1.66. The zero-order chi connectivity index (χ0) is 13.8. The number of hydrogen-bond acceptors (Lipinski definition) is 1. The molecule has 20 heavy (non-hydrogen) atoms. The van der Waals surface area contributed by atoms with E-state index < -0.39 is 0 Å². The van der Waals surface area contributed by atoms with Crippen molar-refractivity contribution in [1.29, 1.82) is 0 Å². The van der Waals surface area contributed by atoms with Crippen LogP contribution in [-0.4, -0.2) is 7.11 Å². The lowest BCUT2D eigenvalue weighted by Crippen LogP contribution is -1.83. The van der Waals surface area contributed by atoms with E-state index in [4.69, 9.17) is 9.15 Å². The van der Waals surface area contributed by atoms with Crippen molar-refractivity contribution in [2.24, 2.45) is 0 Å². The molecule has 3 rings (SSSR count). The van der Waals surface area contributed by atoms with Crippen molar-refractivity contribution in [1.82, 2.24) is 0 Å². The van der Waals surface area contributed by atoms with Gasteiger partial charge in [0.2, 0.25) is 0 Å². The van der Waals surface area contributed by atoms with Crippen LogP contribution in [0.2, 0.25) is 0 Å². The Balaban J connectivity index is 1.98. The van der Waals surface area contributed by atoms with Crippen molar-refractivity contribution in [3.63, 3.8) is 0 Å². The Morgan fingerprint density at radius 3 is 1.85 bits per heavy atom. The van der Waals surface area contributed by atoms with Gasteiger partial charge in [-0.2, -0.15) is 0 Å². The molecule has 0 unspecified atom stereocenters. The zero-order valence-electron chi connectivity index (χ0n) is 11.2. The molecule has 0 fully saturated rings. The van der Waals surface area contributed by atoms with E-state index in [-0.39, 0.29) is 0 Å². The highest BCUT2D eigenvalue weighted by molar-refractivity contribution is 5.63. The molecule has 1 heterocycles. The molecule has 0 bridgehead atoms. The Kier molecular flexibility index (Phi) is 3.46. The maximum atomic E-state index is 5.98. The second-order valence-corrected chi connectivity index (χ2v) is 4.45. The number of ether oxygens (including phenoxy) is 1. The van der Waals surface area contributed by atoms with E-state index in [0.29, 0.717) is 0 Å². The molecule has 0 N–H and O–H groups in total. The molecule has 0 saturated carbocycles. The second-order valence-electron chi connectivity index (χ2n) is 4.45. The summed E-state index contributed by atoms with van der Waals surface area (Å²) in [4.78, 5) is 0. The summed E-state index contributed by atoms with van der Waals surface area (Å²) in [6.45, 7) is 0. The fourth-order valence-corrected chi connectivity index (χ4v) is 2.08. The van der Waals surface area contributed by atoms with Crippen LogP contribution in [0.15, 0.2) is 77.2 Å². The number of methoxy groups -OCH3 is 1. The maximum Gasteiger partial charge on any atom is 0.360 e. The fraction of sp³-hybridized carbons (Fsp3) is 0.0556. The smallest absolute Gasteiger partial charge is 0.360 e. The van der Waals surface area contributed by atoms with Crippen LogP contribution in [0.25, 0.3) is 22.6 Å². The van der Waals surface area contributed by atoms with E-state index in [1.165, 1.54) is 0 Å². The molecule has 0 spiro atoms. The van der Waals surface area contributed by atoms with Gasteiger partial charge in [0.1, 0.15) is 5.75 Å². The highest BCUT2D eigenvalue weighted by atomic mass is 16.5. The van der Waals surface area contributed by atoms with Crippen LogP contribution in [-0.2, 0) is 0 Å². The first-order chi connectivity index (χ1) is 9.86. The first kappa shape index (κ1) is 12.4. The summed E-state index contributed by atoms with van der Waals surface area (Å²) >= 11 is 0. The van der Waals surface area contributed by atoms with Crippen molar-refractivity contribution < 1.29 is 9.15 Å². The molecule has 1 aromatic heterocycles. The Morgan fingerprint density at radius 2 is 1.25 bits per heavy atom. The van der Waals surface area contributed by atoms with Gasteiger partial charge in [-0.15, -0.1) is 0 Å². The molecule has 0 aliphatic rings. The molecular weight excluding hydrogens is 248 g/mol. The molecule has 0 saturated heterocycles. The monoisotopic (exact) mass is 263 g/mol. The molecular formula is C18H15O2+. The van der Waals surface area contributed by atoms with Crippen molar-refractivity contribution in [3.8, 4) is 28.4 Å². The second kappa shape index (κ2) is 5.57. The van der Waals surface area contributed by atoms with Gasteiger partial charge >= 0.3 is 11.5 Å². The lowest BCUT2D eigenvalue weighted by molar-refractivity contribution is 0.415. The average molecular weight is 263 g/mol. The van der Waals surface area contributed by atoms with Gasteiger partial charge in [0.05, 0.1) is 18.2 Å².